The van der Waals surface area contributed by atoms with Gasteiger partial charge in [0, 0.05) is 7.11 Å². The number of ether oxygens (including phenoxy) is 1. The lowest BCUT2D eigenvalue weighted by Crippen LogP contribution is -2.19. The topological polar surface area (TPSA) is 52.0 Å². The molecule has 1 unspecified atom stereocenters. The fourth-order valence-corrected chi connectivity index (χ4v) is 3.76. The van der Waals surface area contributed by atoms with Crippen molar-refractivity contribution in [2.75, 3.05) is 12.5 Å². The Bertz CT molecular complexity index is 776. The first-order chi connectivity index (χ1) is 9.72. The highest BCUT2D eigenvalue weighted by molar-refractivity contribution is 7.99. The molecule has 0 fully saturated rings. The molecule has 2 aromatic heterocycles. The van der Waals surface area contributed by atoms with Crippen molar-refractivity contribution in [3.8, 4) is 10.7 Å². The third-order valence-corrected chi connectivity index (χ3v) is 4.97. The summed E-state index contributed by atoms with van der Waals surface area (Å²) >= 11 is 2.93. The molecular formula is C12H9FN4OS2. The molecule has 0 saturated carbocycles. The van der Waals surface area contributed by atoms with E-state index in [1.165, 1.54) is 35.2 Å². The second-order valence-electron chi connectivity index (χ2n) is 4.22. The van der Waals surface area contributed by atoms with Gasteiger partial charge in [-0.2, -0.15) is 0 Å². The molecule has 0 saturated heterocycles. The van der Waals surface area contributed by atoms with E-state index in [-0.39, 0.29) is 11.4 Å². The fourth-order valence-electron chi connectivity index (χ4n) is 1.99. The van der Waals surface area contributed by atoms with Gasteiger partial charge in [-0.1, -0.05) is 0 Å². The van der Waals surface area contributed by atoms with Crippen LogP contribution in [0.4, 0.5) is 4.39 Å². The molecule has 1 atom stereocenters. The summed E-state index contributed by atoms with van der Waals surface area (Å²) < 4.78 is 21.0. The molecule has 3 heterocycles. The highest BCUT2D eigenvalue weighted by atomic mass is 32.2. The molecule has 1 aliphatic rings. The number of thioether (sulfide) groups is 1. The summed E-state index contributed by atoms with van der Waals surface area (Å²) in [6, 6.07) is 4.59. The van der Waals surface area contributed by atoms with E-state index in [9.17, 15) is 4.39 Å². The first-order valence-corrected chi connectivity index (χ1v) is 7.54. The Labute approximate surface area is 121 Å². The van der Waals surface area contributed by atoms with Crippen molar-refractivity contribution in [1.29, 1.82) is 0 Å². The molecule has 1 aromatic carbocycles. The van der Waals surface area contributed by atoms with Crippen LogP contribution in [0.2, 0.25) is 0 Å². The smallest absolute Gasteiger partial charge is 0.196 e. The number of methoxy groups -OCH3 is 1. The Morgan fingerprint density at radius 3 is 3.10 bits per heavy atom. The third-order valence-electron chi connectivity index (χ3n) is 2.91. The van der Waals surface area contributed by atoms with E-state index in [2.05, 4.69) is 15.4 Å². The molecule has 0 spiro atoms. The van der Waals surface area contributed by atoms with Crippen molar-refractivity contribution in [2.45, 2.75) is 10.7 Å². The summed E-state index contributed by atoms with van der Waals surface area (Å²) in [7, 11) is 1.64. The monoisotopic (exact) mass is 308 g/mol. The predicted molar refractivity (Wildman–Crippen MR) is 76.8 cm³/mol. The first-order valence-electron chi connectivity index (χ1n) is 5.85. The van der Waals surface area contributed by atoms with Crippen molar-refractivity contribution in [3.05, 3.63) is 30.2 Å². The van der Waals surface area contributed by atoms with Crippen LogP contribution in [0.3, 0.4) is 0 Å². The van der Waals surface area contributed by atoms with Crippen LogP contribution in [0.25, 0.3) is 20.9 Å². The lowest BCUT2D eigenvalue weighted by Gasteiger charge is -2.06. The molecule has 102 valence electrons. The number of benzene rings is 1. The van der Waals surface area contributed by atoms with Crippen molar-refractivity contribution in [3.63, 3.8) is 0 Å². The Hall–Kier alpha value is -1.64. The molecular weight excluding hydrogens is 299 g/mol. The zero-order chi connectivity index (χ0) is 13.7. The molecule has 3 aromatic rings. The number of imidazole rings is 1. The van der Waals surface area contributed by atoms with Crippen molar-refractivity contribution >= 4 is 33.3 Å². The molecule has 1 aliphatic heterocycles. The Morgan fingerprint density at radius 1 is 1.40 bits per heavy atom. The first kappa shape index (κ1) is 12.1. The average Bonchev–Trinajstić information content (AvgIpc) is 3.08. The van der Waals surface area contributed by atoms with Gasteiger partial charge in [-0.25, -0.2) is 19.0 Å². The van der Waals surface area contributed by atoms with Crippen molar-refractivity contribution < 1.29 is 9.13 Å². The number of fused-ring (bicyclic) bond motifs is 2. The second-order valence-corrected chi connectivity index (χ2v) is 6.28. The maximum absolute atomic E-state index is 13.2. The van der Waals surface area contributed by atoms with E-state index in [1.807, 2.05) is 10.9 Å². The van der Waals surface area contributed by atoms with Crippen molar-refractivity contribution in [1.82, 2.24) is 14.6 Å². The maximum Gasteiger partial charge on any atom is 0.196 e. The van der Waals surface area contributed by atoms with Gasteiger partial charge in [-0.3, -0.25) is 5.43 Å². The van der Waals surface area contributed by atoms with Crippen LogP contribution in [0.5, 0.6) is 0 Å². The van der Waals surface area contributed by atoms with Crippen LogP contribution >= 0.6 is 23.1 Å². The summed E-state index contributed by atoms with van der Waals surface area (Å²) in [5, 5.41) is 1.61. The van der Waals surface area contributed by atoms with Gasteiger partial charge in [0.25, 0.3) is 0 Å². The molecule has 0 amide bonds. The Balaban J connectivity index is 1.73. The van der Waals surface area contributed by atoms with Gasteiger partial charge in [0.15, 0.2) is 10.7 Å². The normalized spacial score (nSPS) is 17.4. The van der Waals surface area contributed by atoms with Gasteiger partial charge in [0.1, 0.15) is 16.5 Å². The Morgan fingerprint density at radius 2 is 2.30 bits per heavy atom. The zero-order valence-corrected chi connectivity index (χ0v) is 12.0. The summed E-state index contributed by atoms with van der Waals surface area (Å²) in [5.74, 6) is -0.250. The van der Waals surface area contributed by atoms with E-state index >= 15 is 0 Å². The molecule has 8 heteroatoms. The third kappa shape index (κ3) is 1.88. The number of hydrogen-bond donors (Lipinski definition) is 1. The van der Waals surface area contributed by atoms with Gasteiger partial charge >= 0.3 is 0 Å². The molecule has 0 bridgehead atoms. The molecule has 0 aliphatic carbocycles. The number of aromatic nitrogens is 3. The number of nitrogens with one attached hydrogen (secondary N) is 1. The van der Waals surface area contributed by atoms with Gasteiger partial charge in [-0.05, 0) is 30.0 Å². The number of thiazole rings is 1. The fraction of sp³-hybridized carbons (Fsp3) is 0.167. The summed E-state index contributed by atoms with van der Waals surface area (Å²) in [6.45, 7) is 0. The highest BCUT2D eigenvalue weighted by Gasteiger charge is 2.24. The van der Waals surface area contributed by atoms with Crippen LogP contribution in [0, 0.1) is 5.82 Å². The lowest BCUT2D eigenvalue weighted by molar-refractivity contribution is 0.187. The standard InChI is InChI=1S/C12H9FN4OS2/c1-18-12-16-17-5-8(15-11(17)20-12)10-14-7-3-2-6(13)4-9(7)19-10/h2-5,12,16H,1H3. The predicted octanol–water partition coefficient (Wildman–Crippen LogP) is 2.88. The van der Waals surface area contributed by atoms with E-state index in [0.29, 0.717) is 0 Å². The molecule has 5 nitrogen and oxygen atoms in total. The number of halogens is 1. The molecule has 1 N–H and O–H groups in total. The van der Waals surface area contributed by atoms with E-state index in [4.69, 9.17) is 4.74 Å². The highest BCUT2D eigenvalue weighted by Crippen LogP contribution is 2.34. The lowest BCUT2D eigenvalue weighted by atomic mass is 10.3. The van der Waals surface area contributed by atoms with Gasteiger partial charge in [0.05, 0.1) is 16.4 Å². The van der Waals surface area contributed by atoms with E-state index < -0.39 is 0 Å². The van der Waals surface area contributed by atoms with Gasteiger partial charge in [-0.15, -0.1) is 11.3 Å². The minimum Gasteiger partial charge on any atom is -0.351 e. The quantitative estimate of drug-likeness (QED) is 0.789. The zero-order valence-electron chi connectivity index (χ0n) is 10.3. The Kier molecular flexibility index (Phi) is 2.69. The van der Waals surface area contributed by atoms with Crippen LogP contribution in [0.15, 0.2) is 29.6 Å². The van der Waals surface area contributed by atoms with Gasteiger partial charge < -0.3 is 4.74 Å². The SMILES string of the molecule is COC1Nn2cc(-c3nc4ccc(F)cc4s3)nc2S1. The van der Waals surface area contributed by atoms with Gasteiger partial charge in [0.2, 0.25) is 0 Å². The minimum atomic E-state index is -0.250. The molecule has 0 radical (unpaired) electrons. The van der Waals surface area contributed by atoms with E-state index in [0.717, 1.165) is 26.1 Å². The molecule has 20 heavy (non-hydrogen) atoms. The second kappa shape index (κ2) is 4.44. The van der Waals surface area contributed by atoms with Crippen LogP contribution in [-0.2, 0) is 4.74 Å². The number of hydrogen-bond acceptors (Lipinski definition) is 6. The number of nitrogens with zero attached hydrogens (tertiary/aromatic N) is 3. The largest absolute Gasteiger partial charge is 0.351 e. The average molecular weight is 308 g/mol. The van der Waals surface area contributed by atoms with Crippen LogP contribution in [0.1, 0.15) is 0 Å². The maximum atomic E-state index is 13.2. The van der Waals surface area contributed by atoms with E-state index in [1.54, 1.807) is 13.2 Å². The van der Waals surface area contributed by atoms with Crippen LogP contribution in [-0.4, -0.2) is 27.3 Å². The van der Waals surface area contributed by atoms with Crippen LogP contribution < -0.4 is 5.43 Å². The molecule has 4 rings (SSSR count). The minimum absolute atomic E-state index is 0.115. The number of rotatable bonds is 2. The summed E-state index contributed by atoms with van der Waals surface area (Å²) in [6.07, 6.45) is 1.87. The summed E-state index contributed by atoms with van der Waals surface area (Å²) in [5.41, 5.74) is 4.58. The van der Waals surface area contributed by atoms with Crippen molar-refractivity contribution in [2.24, 2.45) is 0 Å². The summed E-state index contributed by atoms with van der Waals surface area (Å²) in [4.78, 5) is 9.00.